The minimum absolute atomic E-state index is 0.216. The van der Waals surface area contributed by atoms with Crippen LogP contribution in [0.25, 0.3) is 21.7 Å². The van der Waals surface area contributed by atoms with Gasteiger partial charge in [-0.25, -0.2) is 8.42 Å². The third-order valence-electron chi connectivity index (χ3n) is 5.12. The highest BCUT2D eigenvalue weighted by Crippen LogP contribution is 2.31. The molecule has 1 aromatic heterocycles. The summed E-state index contributed by atoms with van der Waals surface area (Å²) in [5.74, 6) is 0. The Balaban J connectivity index is 1.89. The monoisotopic (exact) mass is 390 g/mol. The maximum absolute atomic E-state index is 13.4. The summed E-state index contributed by atoms with van der Waals surface area (Å²) >= 11 is 0. The highest BCUT2D eigenvalue weighted by Gasteiger charge is 2.21. The van der Waals surface area contributed by atoms with Crippen molar-refractivity contribution in [2.24, 2.45) is 0 Å². The fraction of sp³-hybridized carbons (Fsp3) is 0.174. The average molecular weight is 391 g/mol. The molecular formula is C23H22N2O2S. The highest BCUT2D eigenvalue weighted by molar-refractivity contribution is 7.91. The summed E-state index contributed by atoms with van der Waals surface area (Å²) in [5, 5.41) is 2.45. The number of benzene rings is 3. The number of sulfone groups is 1. The first-order valence-corrected chi connectivity index (χ1v) is 10.9. The molecular weight excluding hydrogens is 368 g/mol. The van der Waals surface area contributed by atoms with Crippen molar-refractivity contribution in [2.45, 2.75) is 23.6 Å². The molecule has 4 nitrogen and oxygen atoms in total. The molecule has 0 bridgehead atoms. The van der Waals surface area contributed by atoms with Crippen LogP contribution in [0, 0.1) is 0 Å². The van der Waals surface area contributed by atoms with E-state index in [9.17, 15) is 8.42 Å². The lowest BCUT2D eigenvalue weighted by Gasteiger charge is -2.22. The van der Waals surface area contributed by atoms with E-state index in [4.69, 9.17) is 0 Å². The fourth-order valence-corrected chi connectivity index (χ4v) is 5.11. The Bertz CT molecular complexity index is 1260. The largest absolute Gasteiger partial charge is 0.370 e. The number of rotatable bonds is 5. The zero-order valence-electron chi connectivity index (χ0n) is 16.0. The molecule has 5 heteroatoms. The predicted octanol–water partition coefficient (Wildman–Crippen LogP) is 5.07. The van der Waals surface area contributed by atoms with E-state index < -0.39 is 9.84 Å². The molecule has 0 atom stereocenters. The second-order valence-corrected chi connectivity index (χ2v) is 8.59. The van der Waals surface area contributed by atoms with Gasteiger partial charge in [0.25, 0.3) is 0 Å². The molecule has 0 aliphatic carbocycles. The maximum Gasteiger partial charge on any atom is 0.208 e. The Hall–Kier alpha value is -2.92. The van der Waals surface area contributed by atoms with Crippen LogP contribution >= 0.6 is 0 Å². The van der Waals surface area contributed by atoms with Crippen molar-refractivity contribution in [1.29, 1.82) is 0 Å². The molecule has 0 amide bonds. The van der Waals surface area contributed by atoms with E-state index in [1.807, 2.05) is 48.5 Å². The topological polar surface area (TPSA) is 50.3 Å². The molecule has 4 aromatic rings. The van der Waals surface area contributed by atoms with Crippen LogP contribution in [0.4, 0.5) is 5.69 Å². The van der Waals surface area contributed by atoms with Gasteiger partial charge in [0.05, 0.1) is 21.0 Å². The molecule has 0 radical (unpaired) electrons. The summed E-state index contributed by atoms with van der Waals surface area (Å²) in [7, 11) is -3.68. The van der Waals surface area contributed by atoms with Crippen LogP contribution in [0.1, 0.15) is 13.8 Å². The SMILES string of the molecule is CCN(CC)c1cccc2cc(S(=O)(=O)c3cccc4ccccc34)cnc12. The van der Waals surface area contributed by atoms with Crippen LogP contribution < -0.4 is 4.90 Å². The van der Waals surface area contributed by atoms with Gasteiger partial charge in [-0.2, -0.15) is 0 Å². The molecule has 0 unspecified atom stereocenters. The first-order chi connectivity index (χ1) is 13.6. The summed E-state index contributed by atoms with van der Waals surface area (Å²) in [6.07, 6.45) is 1.48. The second kappa shape index (κ2) is 7.24. The van der Waals surface area contributed by atoms with E-state index in [1.54, 1.807) is 18.2 Å². The Morgan fingerprint density at radius 1 is 0.857 bits per heavy atom. The molecule has 0 spiro atoms. The van der Waals surface area contributed by atoms with Gasteiger partial charge in [0.1, 0.15) is 0 Å². The average Bonchev–Trinajstić information content (AvgIpc) is 2.74. The van der Waals surface area contributed by atoms with E-state index in [1.165, 1.54) is 6.20 Å². The zero-order chi connectivity index (χ0) is 19.7. The van der Waals surface area contributed by atoms with Gasteiger partial charge in [-0.15, -0.1) is 0 Å². The van der Waals surface area contributed by atoms with Crippen molar-refractivity contribution < 1.29 is 8.42 Å². The van der Waals surface area contributed by atoms with Gasteiger partial charge in [0.2, 0.25) is 9.84 Å². The van der Waals surface area contributed by atoms with Crippen LogP contribution in [0.5, 0.6) is 0 Å². The number of anilines is 1. The first-order valence-electron chi connectivity index (χ1n) is 9.43. The smallest absolute Gasteiger partial charge is 0.208 e. The molecule has 0 saturated heterocycles. The third kappa shape index (κ3) is 3.02. The molecule has 0 aliphatic heterocycles. The lowest BCUT2D eigenvalue weighted by atomic mass is 10.1. The summed E-state index contributed by atoms with van der Waals surface area (Å²) in [6, 6.07) is 20.5. The van der Waals surface area contributed by atoms with Crippen molar-refractivity contribution >= 4 is 37.2 Å². The molecule has 3 aromatic carbocycles. The Kier molecular flexibility index (Phi) is 4.77. The van der Waals surface area contributed by atoms with E-state index in [0.29, 0.717) is 4.90 Å². The normalized spacial score (nSPS) is 11.8. The molecule has 1 heterocycles. The Morgan fingerprint density at radius 2 is 1.54 bits per heavy atom. The molecule has 4 rings (SSSR count). The van der Waals surface area contributed by atoms with Gasteiger partial charge in [-0.05, 0) is 37.4 Å². The molecule has 0 saturated carbocycles. The van der Waals surface area contributed by atoms with Crippen LogP contribution in [-0.2, 0) is 9.84 Å². The number of hydrogen-bond acceptors (Lipinski definition) is 4. The van der Waals surface area contributed by atoms with Crippen LogP contribution in [0.3, 0.4) is 0 Å². The Morgan fingerprint density at radius 3 is 2.32 bits per heavy atom. The van der Waals surface area contributed by atoms with E-state index in [0.717, 1.165) is 40.5 Å². The van der Waals surface area contributed by atoms with Crippen molar-refractivity contribution in [3.05, 3.63) is 72.9 Å². The number of para-hydroxylation sites is 1. The lowest BCUT2D eigenvalue weighted by Crippen LogP contribution is -2.22. The molecule has 28 heavy (non-hydrogen) atoms. The van der Waals surface area contributed by atoms with Crippen molar-refractivity contribution in [3.8, 4) is 0 Å². The molecule has 0 fully saturated rings. The minimum atomic E-state index is -3.68. The zero-order valence-corrected chi connectivity index (χ0v) is 16.8. The first kappa shape index (κ1) is 18.4. The summed E-state index contributed by atoms with van der Waals surface area (Å²) < 4.78 is 26.7. The highest BCUT2D eigenvalue weighted by atomic mass is 32.2. The van der Waals surface area contributed by atoms with Gasteiger partial charge in [0.15, 0.2) is 0 Å². The number of fused-ring (bicyclic) bond motifs is 2. The summed E-state index contributed by atoms with van der Waals surface area (Å²) in [5.41, 5.74) is 1.85. The van der Waals surface area contributed by atoms with Crippen LogP contribution in [0.15, 0.2) is 82.7 Å². The van der Waals surface area contributed by atoms with Gasteiger partial charge >= 0.3 is 0 Å². The predicted molar refractivity (Wildman–Crippen MR) is 115 cm³/mol. The minimum Gasteiger partial charge on any atom is -0.370 e. The maximum atomic E-state index is 13.4. The fourth-order valence-electron chi connectivity index (χ4n) is 3.65. The second-order valence-electron chi connectivity index (χ2n) is 6.67. The number of aromatic nitrogens is 1. The molecule has 0 N–H and O–H groups in total. The van der Waals surface area contributed by atoms with Crippen molar-refractivity contribution in [1.82, 2.24) is 4.98 Å². The molecule has 0 aliphatic rings. The quantitative estimate of drug-likeness (QED) is 0.477. The number of hydrogen-bond donors (Lipinski definition) is 0. The summed E-state index contributed by atoms with van der Waals surface area (Å²) in [4.78, 5) is 7.29. The van der Waals surface area contributed by atoms with E-state index in [-0.39, 0.29) is 4.90 Å². The third-order valence-corrected chi connectivity index (χ3v) is 6.90. The van der Waals surface area contributed by atoms with Crippen molar-refractivity contribution in [3.63, 3.8) is 0 Å². The summed E-state index contributed by atoms with van der Waals surface area (Å²) in [6.45, 7) is 5.93. The number of nitrogens with zero attached hydrogens (tertiary/aromatic N) is 2. The Labute approximate surface area is 165 Å². The van der Waals surface area contributed by atoms with Crippen LogP contribution in [-0.4, -0.2) is 26.5 Å². The number of pyridine rings is 1. The van der Waals surface area contributed by atoms with Gasteiger partial charge < -0.3 is 4.90 Å². The lowest BCUT2D eigenvalue weighted by molar-refractivity contribution is 0.596. The van der Waals surface area contributed by atoms with Gasteiger partial charge in [0, 0.05) is 30.1 Å². The van der Waals surface area contributed by atoms with E-state index in [2.05, 4.69) is 23.7 Å². The standard InChI is InChI=1S/C23H22N2O2S/c1-3-25(4-2)21-13-7-11-18-15-19(16-24-23(18)21)28(26,27)22-14-8-10-17-9-5-6-12-20(17)22/h5-16H,3-4H2,1-2H3. The van der Waals surface area contributed by atoms with Gasteiger partial charge in [-0.3, -0.25) is 4.98 Å². The van der Waals surface area contributed by atoms with Gasteiger partial charge in [-0.1, -0.05) is 48.5 Å². The van der Waals surface area contributed by atoms with Crippen molar-refractivity contribution in [2.75, 3.05) is 18.0 Å². The molecule has 142 valence electrons. The van der Waals surface area contributed by atoms with E-state index >= 15 is 0 Å². The van der Waals surface area contributed by atoms with Crippen LogP contribution in [0.2, 0.25) is 0 Å².